The second-order valence-electron chi connectivity index (χ2n) is 7.61. The number of hydrogen-bond acceptors (Lipinski definition) is 5. The highest BCUT2D eigenvalue weighted by Gasteiger charge is 2.35. The Labute approximate surface area is 169 Å². The van der Waals surface area contributed by atoms with Gasteiger partial charge in [0.15, 0.2) is 6.61 Å². The number of fused-ring (bicyclic) bond motifs is 1. The van der Waals surface area contributed by atoms with Crippen molar-refractivity contribution < 1.29 is 14.3 Å². The summed E-state index contributed by atoms with van der Waals surface area (Å²) in [7, 11) is 0. The van der Waals surface area contributed by atoms with Crippen molar-refractivity contribution in [2.24, 2.45) is 5.92 Å². The summed E-state index contributed by atoms with van der Waals surface area (Å²) in [6.07, 6.45) is 7.12. The third-order valence-corrected chi connectivity index (χ3v) is 9.04. The van der Waals surface area contributed by atoms with Crippen LogP contribution in [0.2, 0.25) is 0 Å². The number of amides is 1. The molecule has 1 aromatic carbocycles. The molecule has 0 N–H and O–H groups in total. The predicted molar refractivity (Wildman–Crippen MR) is 111 cm³/mol. The van der Waals surface area contributed by atoms with Crippen LogP contribution in [0.25, 0.3) is 0 Å². The number of ether oxygens (including phenoxy) is 1. The van der Waals surface area contributed by atoms with Crippen molar-refractivity contribution in [3.05, 3.63) is 35.4 Å². The van der Waals surface area contributed by atoms with Gasteiger partial charge in [-0.3, -0.25) is 4.79 Å². The molecule has 0 radical (unpaired) electrons. The highest BCUT2D eigenvalue weighted by molar-refractivity contribution is 8.19. The van der Waals surface area contributed by atoms with Crippen molar-refractivity contribution in [1.82, 2.24) is 4.90 Å². The molecule has 2 saturated heterocycles. The highest BCUT2D eigenvalue weighted by atomic mass is 32.2. The zero-order valence-electron chi connectivity index (χ0n) is 15.6. The number of carbonyl (C=O) groups excluding carboxylic acids is 2. The van der Waals surface area contributed by atoms with Gasteiger partial charge >= 0.3 is 5.97 Å². The van der Waals surface area contributed by atoms with Crippen molar-refractivity contribution in [3.8, 4) is 0 Å². The molecule has 1 saturated carbocycles. The summed E-state index contributed by atoms with van der Waals surface area (Å²) in [6, 6.07) is 8.01. The van der Waals surface area contributed by atoms with Gasteiger partial charge in [-0.05, 0) is 49.3 Å². The molecule has 146 valence electrons. The lowest BCUT2D eigenvalue weighted by atomic mass is 9.78. The minimum Gasteiger partial charge on any atom is -0.452 e. The van der Waals surface area contributed by atoms with Crippen molar-refractivity contribution in [1.29, 1.82) is 0 Å². The number of rotatable bonds is 4. The van der Waals surface area contributed by atoms with Gasteiger partial charge in [-0.25, -0.2) is 4.79 Å². The topological polar surface area (TPSA) is 46.6 Å². The molecule has 4 nitrogen and oxygen atoms in total. The van der Waals surface area contributed by atoms with Gasteiger partial charge in [-0.15, -0.1) is 23.5 Å². The van der Waals surface area contributed by atoms with Gasteiger partial charge in [0.05, 0.1) is 10.1 Å². The van der Waals surface area contributed by atoms with Crippen LogP contribution in [0.5, 0.6) is 0 Å². The first-order valence-electron chi connectivity index (χ1n) is 10.0. The Hall–Kier alpha value is -1.14. The SMILES string of the molecule is O=C(OCC(=O)N1CCC[C@H]2CCCC[C@H]21)c1ccc(C2SCCS2)cc1. The zero-order valence-corrected chi connectivity index (χ0v) is 17.2. The Kier molecular flexibility index (Phi) is 6.33. The molecule has 0 aromatic heterocycles. The largest absolute Gasteiger partial charge is 0.452 e. The van der Waals surface area contributed by atoms with Gasteiger partial charge in [0.25, 0.3) is 5.91 Å². The van der Waals surface area contributed by atoms with Crippen LogP contribution in [-0.4, -0.2) is 47.5 Å². The van der Waals surface area contributed by atoms with Crippen LogP contribution in [-0.2, 0) is 9.53 Å². The van der Waals surface area contributed by atoms with Crippen LogP contribution < -0.4 is 0 Å². The lowest BCUT2D eigenvalue weighted by Gasteiger charge is -2.44. The fourth-order valence-corrected chi connectivity index (χ4v) is 7.41. The van der Waals surface area contributed by atoms with Crippen LogP contribution in [0.4, 0.5) is 0 Å². The second-order valence-corrected chi connectivity index (χ2v) is 10.3. The molecule has 0 spiro atoms. The van der Waals surface area contributed by atoms with E-state index in [0.29, 0.717) is 22.1 Å². The maximum Gasteiger partial charge on any atom is 0.338 e. The van der Waals surface area contributed by atoms with E-state index in [1.807, 2.05) is 52.7 Å². The first kappa shape index (κ1) is 19.2. The molecule has 2 heterocycles. The van der Waals surface area contributed by atoms with Gasteiger partial charge in [-0.2, -0.15) is 0 Å². The maximum atomic E-state index is 12.7. The second kappa shape index (κ2) is 8.91. The Balaban J connectivity index is 1.31. The molecule has 3 fully saturated rings. The number of likely N-dealkylation sites (tertiary alicyclic amines) is 1. The minimum atomic E-state index is -0.404. The Morgan fingerprint density at radius 3 is 2.48 bits per heavy atom. The molecule has 27 heavy (non-hydrogen) atoms. The summed E-state index contributed by atoms with van der Waals surface area (Å²) in [4.78, 5) is 27.0. The third-order valence-electron chi connectivity index (χ3n) is 5.93. The van der Waals surface area contributed by atoms with Crippen molar-refractivity contribution in [2.45, 2.75) is 49.1 Å². The number of carbonyl (C=O) groups is 2. The average molecular weight is 406 g/mol. The van der Waals surface area contributed by atoms with Gasteiger partial charge in [0.2, 0.25) is 0 Å². The fraction of sp³-hybridized carbons (Fsp3) is 0.619. The van der Waals surface area contributed by atoms with Crippen LogP contribution in [0.1, 0.15) is 59.0 Å². The van der Waals surface area contributed by atoms with Crippen LogP contribution >= 0.6 is 23.5 Å². The Morgan fingerprint density at radius 2 is 1.70 bits per heavy atom. The van der Waals surface area contributed by atoms with Crippen LogP contribution in [0.15, 0.2) is 24.3 Å². The first-order valence-corrected chi connectivity index (χ1v) is 12.1. The van der Waals surface area contributed by atoms with Crippen LogP contribution in [0.3, 0.4) is 0 Å². The minimum absolute atomic E-state index is 0.0321. The summed E-state index contributed by atoms with van der Waals surface area (Å²) in [5.41, 5.74) is 1.76. The van der Waals surface area contributed by atoms with Crippen molar-refractivity contribution in [3.63, 3.8) is 0 Å². The molecular weight excluding hydrogens is 378 g/mol. The molecule has 1 aliphatic carbocycles. The number of thioether (sulfide) groups is 2. The van der Waals surface area contributed by atoms with E-state index < -0.39 is 5.97 Å². The number of piperidine rings is 1. The molecule has 6 heteroatoms. The Bertz CT molecular complexity index is 671. The van der Waals surface area contributed by atoms with Crippen molar-refractivity contribution in [2.75, 3.05) is 24.7 Å². The number of nitrogens with zero attached hydrogens (tertiary/aromatic N) is 1. The summed E-state index contributed by atoms with van der Waals surface area (Å²) in [5, 5.41) is 0. The number of esters is 1. The zero-order chi connectivity index (χ0) is 18.6. The van der Waals surface area contributed by atoms with E-state index in [2.05, 4.69) is 0 Å². The smallest absolute Gasteiger partial charge is 0.338 e. The van der Waals surface area contributed by atoms with Crippen molar-refractivity contribution >= 4 is 35.4 Å². The van der Waals surface area contributed by atoms with E-state index in [1.54, 1.807) is 0 Å². The molecule has 0 unspecified atom stereocenters. The quantitative estimate of drug-likeness (QED) is 0.690. The summed E-state index contributed by atoms with van der Waals surface area (Å²) in [6.45, 7) is 0.668. The summed E-state index contributed by atoms with van der Waals surface area (Å²) < 4.78 is 5.82. The predicted octanol–water partition coefficient (Wildman–Crippen LogP) is 4.50. The standard InChI is InChI=1S/C21H27NO3S2/c23-19(22-11-3-5-15-4-1-2-6-18(15)22)14-25-20(24)16-7-9-17(10-8-16)21-26-12-13-27-21/h7-10,15,18,21H,1-6,11-14H2/t15-,18-/m1/s1. The Morgan fingerprint density at radius 1 is 1.00 bits per heavy atom. The molecule has 0 bridgehead atoms. The normalized spacial score (nSPS) is 25.9. The molecule has 2 aliphatic heterocycles. The number of benzene rings is 1. The molecular formula is C21H27NO3S2. The van der Waals surface area contributed by atoms with Crippen LogP contribution in [0, 0.1) is 5.92 Å². The van der Waals surface area contributed by atoms with E-state index >= 15 is 0 Å². The van der Waals surface area contributed by atoms with E-state index in [4.69, 9.17) is 4.74 Å². The van der Waals surface area contributed by atoms with E-state index in [0.717, 1.165) is 19.4 Å². The van der Waals surface area contributed by atoms with E-state index in [-0.39, 0.29) is 12.5 Å². The number of hydrogen-bond donors (Lipinski definition) is 0. The average Bonchev–Trinajstić information content (AvgIpc) is 3.26. The monoisotopic (exact) mass is 405 g/mol. The van der Waals surface area contributed by atoms with Gasteiger partial charge in [0.1, 0.15) is 0 Å². The lowest BCUT2D eigenvalue weighted by Crippen LogP contribution is -2.50. The van der Waals surface area contributed by atoms with Gasteiger partial charge < -0.3 is 9.64 Å². The van der Waals surface area contributed by atoms with E-state index in [9.17, 15) is 9.59 Å². The van der Waals surface area contributed by atoms with Gasteiger partial charge in [-0.1, -0.05) is 25.0 Å². The van der Waals surface area contributed by atoms with E-state index in [1.165, 1.54) is 42.8 Å². The molecule has 1 aromatic rings. The van der Waals surface area contributed by atoms with Gasteiger partial charge in [0, 0.05) is 24.1 Å². The molecule has 1 amide bonds. The molecule has 4 rings (SSSR count). The molecule has 3 aliphatic rings. The summed E-state index contributed by atoms with van der Waals surface area (Å²) in [5.74, 6) is 2.57. The first-order chi connectivity index (χ1) is 13.2. The maximum absolute atomic E-state index is 12.7. The summed E-state index contributed by atoms with van der Waals surface area (Å²) >= 11 is 3.89. The third kappa shape index (κ3) is 4.48. The highest BCUT2D eigenvalue weighted by Crippen LogP contribution is 2.45. The molecule has 2 atom stereocenters. The lowest BCUT2D eigenvalue weighted by molar-refractivity contribution is -0.140. The fourth-order valence-electron chi connectivity index (χ4n) is 4.56.